The highest BCUT2D eigenvalue weighted by atomic mass is 32.2. The van der Waals surface area contributed by atoms with Gasteiger partial charge < -0.3 is 15.6 Å². The van der Waals surface area contributed by atoms with E-state index in [1.165, 1.54) is 41.8 Å². The summed E-state index contributed by atoms with van der Waals surface area (Å²) in [4.78, 5) is 37.6. The Morgan fingerprint density at radius 1 is 1.33 bits per heavy atom. The van der Waals surface area contributed by atoms with Crippen LogP contribution in [0.4, 0.5) is 5.69 Å². The molecule has 1 aliphatic rings. The fraction of sp³-hybridized carbons (Fsp3) is 0.118. The lowest BCUT2D eigenvalue weighted by Gasteiger charge is -2.16. The lowest BCUT2D eigenvalue weighted by Crippen LogP contribution is -2.32. The minimum atomic E-state index is -1.39. The van der Waals surface area contributed by atoms with Crippen LogP contribution in [0.15, 0.2) is 52.0 Å². The molecular formula is C17H13N4O4S2-. The SMILES string of the molecule is NC(=N/N=C\c1cccs1)S[C@@H]1CC(=O)N(c2cccc(C(=O)[O-])c2)C1=O. The molecule has 0 spiro atoms. The van der Waals surface area contributed by atoms with Crippen molar-refractivity contribution in [2.45, 2.75) is 11.7 Å². The summed E-state index contributed by atoms with van der Waals surface area (Å²) in [5.74, 6) is -2.31. The van der Waals surface area contributed by atoms with Gasteiger partial charge in [-0.15, -0.1) is 16.4 Å². The second-order valence-electron chi connectivity index (χ2n) is 5.41. The number of benzene rings is 1. The maximum absolute atomic E-state index is 12.6. The molecular weight excluding hydrogens is 388 g/mol. The fourth-order valence-electron chi connectivity index (χ4n) is 2.42. The number of rotatable bonds is 5. The van der Waals surface area contributed by atoms with E-state index in [-0.39, 0.29) is 22.8 Å². The Labute approximate surface area is 162 Å². The second kappa shape index (κ2) is 8.14. The molecule has 1 aliphatic heterocycles. The number of anilines is 1. The number of hydrogen-bond acceptors (Lipinski definition) is 8. The third-order valence-electron chi connectivity index (χ3n) is 3.59. The van der Waals surface area contributed by atoms with Crippen LogP contribution in [0, 0.1) is 0 Å². The van der Waals surface area contributed by atoms with E-state index in [2.05, 4.69) is 10.2 Å². The number of thiophene rings is 1. The van der Waals surface area contributed by atoms with Crippen LogP contribution in [0.2, 0.25) is 0 Å². The highest BCUT2D eigenvalue weighted by Gasteiger charge is 2.40. The average molecular weight is 401 g/mol. The standard InChI is InChI=1S/C17H14N4O4S2/c18-17(20-19-9-12-5-2-6-26-12)27-13-8-14(22)21(15(13)23)11-4-1-3-10(7-11)16(24)25/h1-7,9,13H,8H2,(H2,18,20)(H,24,25)/p-1/b19-9-/t13-/m1/s1. The van der Waals surface area contributed by atoms with Crippen LogP contribution in [0.5, 0.6) is 0 Å². The highest BCUT2D eigenvalue weighted by Crippen LogP contribution is 2.30. The molecule has 2 N–H and O–H groups in total. The first-order valence-electron chi connectivity index (χ1n) is 7.70. The molecule has 3 rings (SSSR count). The van der Waals surface area contributed by atoms with Gasteiger partial charge in [0, 0.05) is 11.3 Å². The first kappa shape index (κ1) is 18.8. The van der Waals surface area contributed by atoms with Crippen molar-refractivity contribution in [2.75, 3.05) is 4.90 Å². The summed E-state index contributed by atoms with van der Waals surface area (Å²) in [6.07, 6.45) is 1.47. The number of nitrogens with zero attached hydrogens (tertiary/aromatic N) is 3. The number of hydrogen-bond donors (Lipinski definition) is 1. The number of aromatic carboxylic acids is 1. The number of thioether (sulfide) groups is 1. The summed E-state index contributed by atoms with van der Waals surface area (Å²) < 4.78 is 0. The first-order chi connectivity index (χ1) is 13.0. The summed E-state index contributed by atoms with van der Waals surface area (Å²) in [6, 6.07) is 9.22. The second-order valence-corrected chi connectivity index (χ2v) is 7.62. The molecule has 1 saturated heterocycles. The zero-order chi connectivity index (χ0) is 19.4. The van der Waals surface area contributed by atoms with Gasteiger partial charge >= 0.3 is 0 Å². The van der Waals surface area contributed by atoms with Crippen LogP contribution >= 0.6 is 23.1 Å². The van der Waals surface area contributed by atoms with E-state index >= 15 is 0 Å². The van der Waals surface area contributed by atoms with Crippen LogP contribution < -0.4 is 15.7 Å². The van der Waals surface area contributed by atoms with Crippen molar-refractivity contribution in [1.29, 1.82) is 0 Å². The molecule has 1 aromatic heterocycles. The van der Waals surface area contributed by atoms with Crippen molar-refractivity contribution in [2.24, 2.45) is 15.9 Å². The molecule has 2 aromatic rings. The summed E-state index contributed by atoms with van der Waals surface area (Å²) in [5.41, 5.74) is 5.85. The first-order valence-corrected chi connectivity index (χ1v) is 9.46. The molecule has 0 aliphatic carbocycles. The molecule has 138 valence electrons. The van der Waals surface area contributed by atoms with Gasteiger partial charge in [0.1, 0.15) is 5.25 Å². The minimum Gasteiger partial charge on any atom is -0.545 e. The van der Waals surface area contributed by atoms with Gasteiger partial charge in [-0.2, -0.15) is 5.10 Å². The van der Waals surface area contributed by atoms with Gasteiger partial charge in [-0.1, -0.05) is 30.0 Å². The maximum Gasteiger partial charge on any atom is 0.247 e. The van der Waals surface area contributed by atoms with Crippen LogP contribution in [-0.2, 0) is 9.59 Å². The Morgan fingerprint density at radius 3 is 2.85 bits per heavy atom. The van der Waals surface area contributed by atoms with Gasteiger partial charge in [0.25, 0.3) is 0 Å². The molecule has 0 bridgehead atoms. The topological polar surface area (TPSA) is 128 Å². The van der Waals surface area contributed by atoms with Crippen molar-refractivity contribution < 1.29 is 19.5 Å². The summed E-state index contributed by atoms with van der Waals surface area (Å²) in [7, 11) is 0. The lowest BCUT2D eigenvalue weighted by molar-refractivity contribution is -0.255. The maximum atomic E-state index is 12.6. The molecule has 27 heavy (non-hydrogen) atoms. The predicted molar refractivity (Wildman–Crippen MR) is 103 cm³/mol. The zero-order valence-corrected chi connectivity index (χ0v) is 15.4. The molecule has 0 radical (unpaired) electrons. The molecule has 8 nitrogen and oxygen atoms in total. The summed E-state index contributed by atoms with van der Waals surface area (Å²) in [5, 5.41) is 19.9. The number of amidine groups is 1. The zero-order valence-electron chi connectivity index (χ0n) is 13.8. The number of carbonyl (C=O) groups is 3. The smallest absolute Gasteiger partial charge is 0.247 e. The Morgan fingerprint density at radius 2 is 2.15 bits per heavy atom. The van der Waals surface area contributed by atoms with Gasteiger partial charge in [-0.25, -0.2) is 4.90 Å². The van der Waals surface area contributed by atoms with Crippen LogP contribution in [0.25, 0.3) is 0 Å². The fourth-order valence-corrected chi connectivity index (χ4v) is 3.81. The van der Waals surface area contributed by atoms with Crippen LogP contribution in [0.1, 0.15) is 21.7 Å². The Hall–Kier alpha value is -2.98. The van der Waals surface area contributed by atoms with Gasteiger partial charge in [-0.3, -0.25) is 9.59 Å². The number of imide groups is 1. The molecule has 10 heteroatoms. The van der Waals surface area contributed by atoms with Crippen molar-refractivity contribution >= 4 is 58.0 Å². The van der Waals surface area contributed by atoms with Gasteiger partial charge in [0.2, 0.25) is 11.8 Å². The molecule has 0 saturated carbocycles. The van der Waals surface area contributed by atoms with Gasteiger partial charge in [0.15, 0.2) is 5.17 Å². The van der Waals surface area contributed by atoms with Crippen molar-refractivity contribution in [3.8, 4) is 0 Å². The van der Waals surface area contributed by atoms with E-state index in [1.54, 1.807) is 0 Å². The van der Waals surface area contributed by atoms with Crippen LogP contribution in [-0.4, -0.2) is 34.4 Å². The third kappa shape index (κ3) is 4.41. The highest BCUT2D eigenvalue weighted by molar-refractivity contribution is 8.14. The Bertz CT molecular complexity index is 940. The quantitative estimate of drug-likeness (QED) is 0.342. The lowest BCUT2D eigenvalue weighted by atomic mass is 10.2. The summed E-state index contributed by atoms with van der Waals surface area (Å²) in [6.45, 7) is 0. The molecule has 2 heterocycles. The van der Waals surface area contributed by atoms with E-state index in [0.29, 0.717) is 0 Å². The average Bonchev–Trinajstić information content (AvgIpc) is 3.23. The van der Waals surface area contributed by atoms with E-state index in [9.17, 15) is 19.5 Å². The normalized spacial score (nSPS) is 17.9. The van der Waals surface area contributed by atoms with Gasteiger partial charge in [0.05, 0.1) is 17.9 Å². The molecule has 2 amide bonds. The Kier molecular flexibility index (Phi) is 5.67. The number of amides is 2. The largest absolute Gasteiger partial charge is 0.545 e. The number of carbonyl (C=O) groups excluding carboxylic acids is 3. The number of carboxylic acid groups (broad SMARTS) is 1. The molecule has 1 aromatic carbocycles. The van der Waals surface area contributed by atoms with E-state index in [0.717, 1.165) is 21.5 Å². The van der Waals surface area contributed by atoms with Crippen molar-refractivity contribution in [1.82, 2.24) is 0 Å². The third-order valence-corrected chi connectivity index (χ3v) is 5.38. The van der Waals surface area contributed by atoms with Crippen LogP contribution in [0.3, 0.4) is 0 Å². The van der Waals surface area contributed by atoms with Crippen molar-refractivity contribution in [3.63, 3.8) is 0 Å². The van der Waals surface area contributed by atoms with E-state index < -0.39 is 23.0 Å². The van der Waals surface area contributed by atoms with E-state index in [4.69, 9.17) is 5.73 Å². The molecule has 1 fully saturated rings. The minimum absolute atomic E-state index is 0.0549. The molecule has 0 unspecified atom stereocenters. The van der Waals surface area contributed by atoms with Crippen molar-refractivity contribution in [3.05, 3.63) is 52.2 Å². The predicted octanol–water partition coefficient (Wildman–Crippen LogP) is 0.825. The van der Waals surface area contributed by atoms with E-state index in [1.807, 2.05) is 17.5 Å². The Balaban J connectivity index is 1.70. The number of nitrogens with two attached hydrogens (primary N) is 1. The summed E-state index contributed by atoms with van der Waals surface area (Å²) >= 11 is 2.43. The molecule has 1 atom stereocenters. The number of carboxylic acids is 1. The van der Waals surface area contributed by atoms with Gasteiger partial charge in [-0.05, 0) is 29.1 Å². The monoisotopic (exact) mass is 401 g/mol.